The normalized spacial score (nSPS) is 10.9. The second-order valence-electron chi connectivity index (χ2n) is 7.24. The van der Waals surface area contributed by atoms with Gasteiger partial charge in [0.05, 0.1) is 0 Å². The van der Waals surface area contributed by atoms with Crippen LogP contribution in [0.2, 0.25) is 0 Å². The number of urea groups is 1. The van der Waals surface area contributed by atoms with E-state index >= 15 is 0 Å². The molecule has 0 aliphatic heterocycles. The van der Waals surface area contributed by atoms with E-state index in [-0.39, 0.29) is 16.5 Å². The zero-order chi connectivity index (χ0) is 24.3. The van der Waals surface area contributed by atoms with Crippen molar-refractivity contribution in [3.8, 4) is 0 Å². The molecule has 0 atom stereocenters. The van der Waals surface area contributed by atoms with Gasteiger partial charge in [0.25, 0.3) is 11.8 Å². The maximum Gasteiger partial charge on any atom is 0.352 e. The lowest BCUT2D eigenvalue weighted by Gasteiger charge is -2.10. The van der Waals surface area contributed by atoms with Crippen LogP contribution < -0.4 is 16.8 Å². The first-order valence-electron chi connectivity index (χ1n) is 10.1. The van der Waals surface area contributed by atoms with E-state index in [9.17, 15) is 24.3 Å². The van der Waals surface area contributed by atoms with Gasteiger partial charge < -0.3 is 21.6 Å². The van der Waals surface area contributed by atoms with Crippen LogP contribution >= 0.6 is 11.3 Å². The number of nitrogens with two attached hydrogens (primary N) is 2. The molecule has 2 heterocycles. The number of primary amides is 1. The highest BCUT2D eigenvalue weighted by Crippen LogP contribution is 2.28. The minimum atomic E-state index is -1.09. The van der Waals surface area contributed by atoms with E-state index in [0.29, 0.717) is 52.7 Å². The van der Waals surface area contributed by atoms with Gasteiger partial charge in [0.1, 0.15) is 11.4 Å². The Hall–Kier alpha value is -3.77. The van der Waals surface area contributed by atoms with Gasteiger partial charge in [0.15, 0.2) is 5.13 Å². The number of carboxylic acids is 1. The third kappa shape index (κ3) is 4.86. The number of aromatic carboxylic acids is 1. The average Bonchev–Trinajstić information content (AvgIpc) is 3.37. The molecule has 3 aromatic rings. The van der Waals surface area contributed by atoms with Crippen LogP contribution in [0.1, 0.15) is 55.1 Å². The van der Waals surface area contributed by atoms with Crippen molar-refractivity contribution in [1.82, 2.24) is 14.9 Å². The molecule has 174 valence electrons. The number of aryl methyl sites for hydroxylation is 2. The van der Waals surface area contributed by atoms with Crippen LogP contribution in [-0.4, -0.2) is 57.4 Å². The number of aromatic nitrogens is 2. The Bertz CT molecular complexity index is 1250. The molecule has 33 heavy (non-hydrogen) atoms. The van der Waals surface area contributed by atoms with Crippen LogP contribution in [0.3, 0.4) is 0 Å². The molecular formula is C21H24N6O5S. The number of anilines is 1. The van der Waals surface area contributed by atoms with Crippen molar-refractivity contribution in [3.05, 3.63) is 45.6 Å². The third-order valence-corrected chi connectivity index (χ3v) is 6.20. The average molecular weight is 473 g/mol. The fourth-order valence-electron chi connectivity index (χ4n) is 3.35. The number of fused-ring (bicyclic) bond motifs is 1. The summed E-state index contributed by atoms with van der Waals surface area (Å²) in [5, 5.41) is 13.0. The summed E-state index contributed by atoms with van der Waals surface area (Å²) >= 11 is 1.13. The molecule has 0 unspecified atom stereocenters. The minimum absolute atomic E-state index is 0.0513. The van der Waals surface area contributed by atoms with E-state index in [4.69, 9.17) is 11.5 Å². The monoisotopic (exact) mass is 472 g/mol. The molecule has 0 saturated carbocycles. The lowest BCUT2D eigenvalue weighted by Crippen LogP contribution is -2.37. The Kier molecular flexibility index (Phi) is 7.09. The molecule has 0 bridgehead atoms. The Labute approximate surface area is 192 Å². The van der Waals surface area contributed by atoms with Gasteiger partial charge >= 0.3 is 12.0 Å². The van der Waals surface area contributed by atoms with E-state index < -0.39 is 23.8 Å². The van der Waals surface area contributed by atoms with Gasteiger partial charge in [-0.1, -0.05) is 6.92 Å². The van der Waals surface area contributed by atoms with Crippen LogP contribution in [0.5, 0.6) is 0 Å². The van der Waals surface area contributed by atoms with Crippen molar-refractivity contribution in [2.75, 3.05) is 18.9 Å². The standard InChI is InChI=1S/C21H24N6O5S/c1-3-14-16(18(29)27(2)20(23)32)25-21(33-14)26-17(28)10-6-7-13-12(9-10)11(5-4-8-22)15(24-13)19(30)31/h6-7,9,24H,3-5,8,22H2,1-2H3,(H2,23,32)(H,30,31)(H,25,26,28). The molecule has 2 aromatic heterocycles. The molecule has 0 spiro atoms. The number of carbonyl (C=O) groups is 4. The second-order valence-corrected chi connectivity index (χ2v) is 8.32. The summed E-state index contributed by atoms with van der Waals surface area (Å²) < 4.78 is 0. The van der Waals surface area contributed by atoms with E-state index in [2.05, 4.69) is 15.3 Å². The maximum absolute atomic E-state index is 12.9. The Morgan fingerprint density at radius 2 is 2.00 bits per heavy atom. The zero-order valence-corrected chi connectivity index (χ0v) is 18.9. The third-order valence-electron chi connectivity index (χ3n) is 5.09. The largest absolute Gasteiger partial charge is 0.477 e. The van der Waals surface area contributed by atoms with E-state index in [0.717, 1.165) is 16.2 Å². The molecule has 3 rings (SSSR count). The number of thiazole rings is 1. The first-order valence-corrected chi connectivity index (χ1v) is 11.0. The SMILES string of the molecule is CCc1sc(NC(=O)c2ccc3[nH]c(C(=O)O)c(CCCN)c3c2)nc1C(=O)N(C)C(N)=O. The van der Waals surface area contributed by atoms with Crippen molar-refractivity contribution in [2.45, 2.75) is 26.2 Å². The number of H-pyrrole nitrogens is 1. The Balaban J connectivity index is 1.91. The van der Waals surface area contributed by atoms with Gasteiger partial charge in [-0.25, -0.2) is 14.6 Å². The number of carboxylic acid groups (broad SMARTS) is 1. The molecule has 0 aliphatic rings. The maximum atomic E-state index is 12.9. The molecule has 0 radical (unpaired) electrons. The summed E-state index contributed by atoms with van der Waals surface area (Å²) in [5.74, 6) is -2.22. The summed E-state index contributed by atoms with van der Waals surface area (Å²) in [4.78, 5) is 56.7. The first-order chi connectivity index (χ1) is 15.7. The summed E-state index contributed by atoms with van der Waals surface area (Å²) in [6.45, 7) is 2.23. The van der Waals surface area contributed by atoms with Crippen molar-refractivity contribution < 1.29 is 24.3 Å². The van der Waals surface area contributed by atoms with Gasteiger partial charge in [-0.2, -0.15) is 0 Å². The van der Waals surface area contributed by atoms with E-state index in [1.807, 2.05) is 6.92 Å². The predicted molar refractivity (Wildman–Crippen MR) is 124 cm³/mol. The number of rotatable bonds is 8. The van der Waals surface area contributed by atoms with Crippen LogP contribution in [0, 0.1) is 0 Å². The number of nitrogens with zero attached hydrogens (tertiary/aromatic N) is 2. The molecule has 12 heteroatoms. The topological polar surface area (TPSA) is 184 Å². The number of nitrogens with one attached hydrogen (secondary N) is 2. The van der Waals surface area contributed by atoms with Gasteiger partial charge in [0, 0.05) is 28.4 Å². The Morgan fingerprint density at radius 1 is 1.27 bits per heavy atom. The zero-order valence-electron chi connectivity index (χ0n) is 18.1. The highest BCUT2D eigenvalue weighted by molar-refractivity contribution is 7.16. The number of hydrogen-bond acceptors (Lipinski definition) is 7. The van der Waals surface area contributed by atoms with Crippen LogP contribution in [0.25, 0.3) is 10.9 Å². The fraction of sp³-hybridized carbons (Fsp3) is 0.286. The van der Waals surface area contributed by atoms with Crippen LogP contribution in [-0.2, 0) is 12.8 Å². The predicted octanol–water partition coefficient (Wildman–Crippen LogP) is 2.18. The number of imide groups is 1. The molecule has 1 aromatic carbocycles. The number of hydrogen-bond donors (Lipinski definition) is 5. The summed E-state index contributed by atoms with van der Waals surface area (Å²) in [6, 6.07) is 3.90. The molecule has 0 aliphatic carbocycles. The smallest absolute Gasteiger partial charge is 0.352 e. The van der Waals surface area contributed by atoms with Gasteiger partial charge in [0.2, 0.25) is 0 Å². The van der Waals surface area contributed by atoms with E-state index in [1.165, 1.54) is 7.05 Å². The van der Waals surface area contributed by atoms with Gasteiger partial charge in [-0.3, -0.25) is 19.8 Å². The van der Waals surface area contributed by atoms with Crippen LogP contribution in [0.15, 0.2) is 18.2 Å². The molecule has 7 N–H and O–H groups in total. The highest BCUT2D eigenvalue weighted by Gasteiger charge is 2.24. The minimum Gasteiger partial charge on any atom is -0.477 e. The highest BCUT2D eigenvalue weighted by atomic mass is 32.1. The number of carbonyl (C=O) groups excluding carboxylic acids is 3. The summed E-state index contributed by atoms with van der Waals surface area (Å²) in [5.41, 5.74) is 12.3. The first kappa shape index (κ1) is 23.9. The van der Waals surface area contributed by atoms with Crippen molar-refractivity contribution in [1.29, 1.82) is 0 Å². The van der Waals surface area contributed by atoms with Gasteiger partial charge in [-0.15, -0.1) is 11.3 Å². The summed E-state index contributed by atoms with van der Waals surface area (Å²) in [7, 11) is 1.25. The molecule has 0 fully saturated rings. The van der Waals surface area contributed by atoms with E-state index in [1.54, 1.807) is 18.2 Å². The number of aromatic amines is 1. The lowest BCUT2D eigenvalue weighted by molar-refractivity contribution is 0.0689. The van der Waals surface area contributed by atoms with Crippen molar-refractivity contribution >= 4 is 51.2 Å². The quantitative estimate of drug-likeness (QED) is 0.332. The van der Waals surface area contributed by atoms with Crippen molar-refractivity contribution in [3.63, 3.8) is 0 Å². The molecule has 11 nitrogen and oxygen atoms in total. The number of amides is 4. The second kappa shape index (κ2) is 9.79. The van der Waals surface area contributed by atoms with Crippen LogP contribution in [0.4, 0.5) is 9.93 Å². The lowest BCUT2D eigenvalue weighted by atomic mass is 10.0. The van der Waals surface area contributed by atoms with Gasteiger partial charge in [-0.05, 0) is 49.6 Å². The number of benzene rings is 1. The summed E-state index contributed by atoms with van der Waals surface area (Å²) in [6.07, 6.45) is 1.52. The molecule has 0 saturated heterocycles. The molecule has 4 amide bonds. The van der Waals surface area contributed by atoms with Crippen molar-refractivity contribution in [2.24, 2.45) is 11.5 Å². The molecular weight excluding hydrogens is 448 g/mol. The Morgan fingerprint density at radius 3 is 2.61 bits per heavy atom. The fourth-order valence-corrected chi connectivity index (χ4v) is 4.24.